The lowest BCUT2D eigenvalue weighted by Crippen LogP contribution is -1.47. The fourth-order valence-electron chi connectivity index (χ4n) is 0. The molecule has 0 radical (unpaired) electrons. The van der Waals surface area contributed by atoms with E-state index in [1.807, 2.05) is 166 Å². The van der Waals surface area contributed by atoms with E-state index in [9.17, 15) is 0 Å². The van der Waals surface area contributed by atoms with Crippen molar-refractivity contribution in [3.05, 3.63) is 0 Å². The Labute approximate surface area is 779 Å². The SMILES string of the molecule is C.C.C.C.C.C.C.C.C.C.C.C.C.C.C.C.C.C.C.C.C.C.C.C.C.C.C.C.CC.CC.CC.CC.CC.CC.CC.CC.CC.CC.CC.CC.CCC.CCC.CCC.CCC.CCC.CCC.CCC.CCC.CCC.CCC.CCC.CCCC.CCCC.CCCC.CCCC.CCCC.CCCC.CCCC. The predicted octanol–water partition coefficient (Wildman–Crippen LogP) is 58.3. The van der Waals surface area contributed by atoms with Crippen LogP contribution < -0.4 is 0 Å². The van der Waals surface area contributed by atoms with Gasteiger partial charge in [0.25, 0.3) is 0 Å². The Morgan fingerprint density at radius 3 is 0.0708 bits per heavy atom. The summed E-state index contributed by atoms with van der Waals surface area (Å²) in [5, 5.41) is 0. The van der Waals surface area contributed by atoms with Gasteiger partial charge in [0.1, 0.15) is 0 Å². The Balaban J connectivity index is -0.00000000492. The topological polar surface area (TPSA) is 0 Å². The number of hydrogen-bond donors (Lipinski definition) is 0. The van der Waals surface area contributed by atoms with Crippen LogP contribution in [0.25, 0.3) is 0 Å². The highest BCUT2D eigenvalue weighted by Crippen LogP contribution is 1.79. The summed E-state index contributed by atoms with van der Waals surface area (Å²) in [5.74, 6) is 0. The molecule has 0 amide bonds. The molecule has 0 aromatic carbocycles. The molecule has 0 nitrogen and oxygen atoms in total. The van der Waals surface area contributed by atoms with Gasteiger partial charge in [-0.05, 0) is 0 Å². The number of rotatable bonds is 7. The van der Waals surface area contributed by atoms with Gasteiger partial charge < -0.3 is 0 Å². The minimum atomic E-state index is 0. The third-order valence-corrected chi connectivity index (χ3v) is 3.50. The fraction of sp³-hybridized carbons (Fsp3) is 1.00. The maximum Gasteiger partial charge on any atom is -0.0564 e. The van der Waals surface area contributed by atoms with Crippen molar-refractivity contribution in [2.45, 2.75) is 784 Å². The standard InChI is InChI=1S/7C4H10.11C3H8.12C2H6.28CH4/c7*1-3-4-2;11*1-3-2;12*1-2;;;;;;;;;;;;;;;;;;;;;;;;;;;;/h7*3-4H2,1-2H3;11*3H2,1-2H3;12*1-2H3;28*1H4. The molecule has 0 atom stereocenters. The van der Waals surface area contributed by atoms with E-state index >= 15 is 0 Å². The van der Waals surface area contributed by atoms with Crippen LogP contribution >= 0.6 is 0 Å². The van der Waals surface area contributed by atoms with Crippen LogP contribution in [0.1, 0.15) is 784 Å². The summed E-state index contributed by atoms with van der Waals surface area (Å²) in [6.07, 6.45) is 32.2. The molecule has 794 valence electrons. The van der Waals surface area contributed by atoms with E-state index in [4.69, 9.17) is 0 Å². The summed E-state index contributed by atoms with van der Waals surface area (Å²) in [5.41, 5.74) is 0. The van der Waals surface area contributed by atoms with Crippen molar-refractivity contribution >= 4 is 0 Å². The number of hydrogen-bond acceptors (Lipinski definition) is 0. The molecule has 0 bridgehead atoms. The average Bonchev–Trinajstić information content (AvgIpc) is 3.57. The minimum absolute atomic E-state index is 0. The maximum atomic E-state index is 2.18. The van der Waals surface area contributed by atoms with Crippen LogP contribution in [0.4, 0.5) is 0 Å². The summed E-state index contributed by atoms with van der Waals surface area (Å²) in [4.78, 5) is 0. The lowest BCUT2D eigenvalue weighted by atomic mass is 10.4. The van der Waals surface area contributed by atoms with E-state index in [-0.39, 0.29) is 208 Å². The highest BCUT2D eigenvalue weighted by molar-refractivity contribution is 4.15. The molecular formula is C113H342. The zero-order valence-corrected chi connectivity index (χ0v) is 77.7. The summed E-state index contributed by atoms with van der Waals surface area (Å²) >= 11 is 0. The van der Waals surface area contributed by atoms with Crippen LogP contribution in [0.2, 0.25) is 0 Å². The van der Waals surface area contributed by atoms with Gasteiger partial charge in [-0.15, -0.1) is 0 Å². The molecule has 0 aromatic rings. The molecule has 0 rings (SSSR count). The molecular weight excluding hydrogens is 1360 g/mol. The lowest BCUT2D eigenvalue weighted by molar-refractivity contribution is 0.886. The summed E-state index contributed by atoms with van der Waals surface area (Å²) in [6.45, 7) is 125. The maximum absolute atomic E-state index is 2.18. The quantitative estimate of drug-likeness (QED) is 0.238. The third-order valence-electron chi connectivity index (χ3n) is 3.50. The molecule has 0 spiro atoms. The van der Waals surface area contributed by atoms with E-state index < -0.39 is 0 Å². The van der Waals surface area contributed by atoms with E-state index in [1.165, 1.54) is 161 Å². The Morgan fingerprint density at radius 1 is 0.0619 bits per heavy atom. The summed E-state index contributed by atoms with van der Waals surface area (Å²) in [7, 11) is 0. The normalized spacial score (nSPS) is 4.25. The first kappa shape index (κ1) is 469. The zero-order chi connectivity index (χ0) is 77.7. The Kier molecular flexibility index (Phi) is 9160. The van der Waals surface area contributed by atoms with Crippen molar-refractivity contribution in [3.8, 4) is 0 Å². The van der Waals surface area contributed by atoms with Gasteiger partial charge in [-0.25, -0.2) is 0 Å². The smallest absolute Gasteiger partial charge is 0.0564 e. The molecule has 0 saturated heterocycles. The summed E-state index contributed by atoms with van der Waals surface area (Å²) in [6, 6.07) is 0. The van der Waals surface area contributed by atoms with Gasteiger partial charge in [0.05, 0.1) is 0 Å². The van der Waals surface area contributed by atoms with Crippen LogP contribution in [-0.2, 0) is 0 Å². The second kappa shape index (κ2) is 2210. The van der Waals surface area contributed by atoms with Crippen molar-refractivity contribution in [2.75, 3.05) is 0 Å². The molecule has 0 aromatic heterocycles. The summed E-state index contributed by atoms with van der Waals surface area (Å²) < 4.78 is 0. The molecule has 113 heavy (non-hydrogen) atoms. The van der Waals surface area contributed by atoms with E-state index in [2.05, 4.69) is 249 Å². The minimum Gasteiger partial charge on any atom is -0.0776 e. The first-order valence-electron chi connectivity index (χ1n) is 41.0. The lowest BCUT2D eigenvalue weighted by Gasteiger charge is -1.68. The van der Waals surface area contributed by atoms with Crippen molar-refractivity contribution in [3.63, 3.8) is 0 Å². The Hall–Kier alpha value is 0. The van der Waals surface area contributed by atoms with Crippen LogP contribution in [-0.4, -0.2) is 0 Å². The van der Waals surface area contributed by atoms with Gasteiger partial charge in [-0.2, -0.15) is 0 Å². The van der Waals surface area contributed by atoms with E-state index in [0.717, 1.165) is 0 Å². The van der Waals surface area contributed by atoms with E-state index in [1.54, 1.807) is 0 Å². The second-order valence-electron chi connectivity index (χ2n) is 14.8. The number of unbranched alkanes of at least 4 members (excludes halogenated alkanes) is 7. The van der Waals surface area contributed by atoms with Crippen molar-refractivity contribution in [1.82, 2.24) is 0 Å². The molecule has 0 heteroatoms. The Bertz CT molecular complexity index is 141. The first-order valence-corrected chi connectivity index (χ1v) is 41.0. The highest BCUT2D eigenvalue weighted by atomic mass is 13.7. The van der Waals surface area contributed by atoms with Crippen molar-refractivity contribution in [1.29, 1.82) is 0 Å². The first-order chi connectivity index (χ1) is 41.0. The molecule has 0 aliphatic heterocycles. The van der Waals surface area contributed by atoms with Crippen LogP contribution in [0.3, 0.4) is 0 Å². The molecule has 0 N–H and O–H groups in total. The zero-order valence-electron chi connectivity index (χ0n) is 77.7. The molecule has 0 aliphatic rings. The molecule has 0 unspecified atom stereocenters. The van der Waals surface area contributed by atoms with E-state index in [0.29, 0.717) is 0 Å². The molecule has 0 heterocycles. The van der Waals surface area contributed by atoms with Crippen LogP contribution in [0.5, 0.6) is 0 Å². The average molecular weight is 1700 g/mol. The van der Waals surface area contributed by atoms with Gasteiger partial charge in [-0.1, -0.05) is 784 Å². The molecule has 0 aliphatic carbocycles. The van der Waals surface area contributed by atoms with Gasteiger partial charge in [0, 0.05) is 0 Å². The largest absolute Gasteiger partial charge is 0.0776 e. The van der Waals surface area contributed by atoms with Gasteiger partial charge in [0.2, 0.25) is 0 Å². The molecule has 0 fully saturated rings. The predicted molar refractivity (Wildman–Crippen MR) is 644 cm³/mol. The molecule has 0 saturated carbocycles. The second-order valence-corrected chi connectivity index (χ2v) is 14.8. The van der Waals surface area contributed by atoms with Crippen LogP contribution in [0.15, 0.2) is 0 Å². The van der Waals surface area contributed by atoms with Gasteiger partial charge in [-0.3, -0.25) is 0 Å². The Morgan fingerprint density at radius 2 is 0.0708 bits per heavy atom. The van der Waals surface area contributed by atoms with Crippen molar-refractivity contribution in [2.24, 2.45) is 0 Å². The van der Waals surface area contributed by atoms with Crippen molar-refractivity contribution < 1.29 is 0 Å². The monoisotopic (exact) mass is 1700 g/mol. The van der Waals surface area contributed by atoms with Gasteiger partial charge >= 0.3 is 0 Å². The third kappa shape index (κ3) is 27700. The van der Waals surface area contributed by atoms with Crippen LogP contribution in [0, 0.1) is 0 Å². The fourth-order valence-corrected chi connectivity index (χ4v) is 0. The van der Waals surface area contributed by atoms with Gasteiger partial charge in [0.15, 0.2) is 0 Å². The highest BCUT2D eigenvalue weighted by Gasteiger charge is 1.59.